The SMILES string of the molecule is Cc1nn(C)c2ncc(C(=O)NCCOc3cccc4c3OC(C)(C)C4)cc12. The van der Waals surface area contributed by atoms with E-state index in [4.69, 9.17) is 9.47 Å². The van der Waals surface area contributed by atoms with Crippen LogP contribution < -0.4 is 14.8 Å². The van der Waals surface area contributed by atoms with Crippen LogP contribution in [0, 0.1) is 6.92 Å². The molecule has 0 atom stereocenters. The largest absolute Gasteiger partial charge is 0.488 e. The van der Waals surface area contributed by atoms with Crippen molar-refractivity contribution in [1.29, 1.82) is 0 Å². The van der Waals surface area contributed by atoms with Gasteiger partial charge in [0.1, 0.15) is 12.2 Å². The molecule has 0 spiro atoms. The highest BCUT2D eigenvalue weighted by molar-refractivity contribution is 5.97. The lowest BCUT2D eigenvalue weighted by molar-refractivity contribution is 0.0946. The van der Waals surface area contributed by atoms with Gasteiger partial charge in [0.25, 0.3) is 5.91 Å². The first-order valence-electron chi connectivity index (χ1n) is 9.35. The van der Waals surface area contributed by atoms with Crippen molar-refractivity contribution >= 4 is 16.9 Å². The average Bonchev–Trinajstić information content (AvgIpc) is 3.13. The van der Waals surface area contributed by atoms with E-state index in [0.717, 1.165) is 34.5 Å². The molecule has 2 aromatic heterocycles. The van der Waals surface area contributed by atoms with E-state index in [1.54, 1.807) is 10.9 Å². The Morgan fingerprint density at radius 2 is 2.21 bits per heavy atom. The Labute approximate surface area is 163 Å². The van der Waals surface area contributed by atoms with E-state index in [1.165, 1.54) is 0 Å². The molecule has 1 N–H and O–H groups in total. The Bertz CT molecular complexity index is 1060. The molecule has 7 nitrogen and oxygen atoms in total. The van der Waals surface area contributed by atoms with Gasteiger partial charge in [0.05, 0.1) is 17.8 Å². The summed E-state index contributed by atoms with van der Waals surface area (Å²) in [5.74, 6) is 1.34. The number of carbonyl (C=O) groups is 1. The van der Waals surface area contributed by atoms with Crippen molar-refractivity contribution in [2.24, 2.45) is 7.05 Å². The van der Waals surface area contributed by atoms with Gasteiger partial charge in [0.2, 0.25) is 0 Å². The molecule has 1 amide bonds. The zero-order chi connectivity index (χ0) is 19.9. The fourth-order valence-corrected chi connectivity index (χ4v) is 3.56. The monoisotopic (exact) mass is 380 g/mol. The number of para-hydroxylation sites is 1. The maximum Gasteiger partial charge on any atom is 0.252 e. The lowest BCUT2D eigenvalue weighted by Crippen LogP contribution is -2.28. The van der Waals surface area contributed by atoms with E-state index in [2.05, 4.69) is 35.3 Å². The summed E-state index contributed by atoms with van der Waals surface area (Å²) >= 11 is 0. The van der Waals surface area contributed by atoms with Gasteiger partial charge in [-0.15, -0.1) is 0 Å². The Kier molecular flexibility index (Phi) is 4.45. The molecular weight excluding hydrogens is 356 g/mol. The molecule has 3 aromatic rings. The second-order valence-electron chi connectivity index (χ2n) is 7.69. The molecule has 4 rings (SSSR count). The van der Waals surface area contributed by atoms with Gasteiger partial charge >= 0.3 is 0 Å². The number of ether oxygens (including phenoxy) is 2. The summed E-state index contributed by atoms with van der Waals surface area (Å²) in [4.78, 5) is 16.8. The number of hydrogen-bond acceptors (Lipinski definition) is 5. The van der Waals surface area contributed by atoms with E-state index in [-0.39, 0.29) is 11.5 Å². The first-order chi connectivity index (χ1) is 13.3. The molecule has 146 valence electrons. The first-order valence-corrected chi connectivity index (χ1v) is 9.35. The van der Waals surface area contributed by atoms with Crippen LogP contribution >= 0.6 is 0 Å². The van der Waals surface area contributed by atoms with Crippen molar-refractivity contribution in [2.75, 3.05) is 13.2 Å². The van der Waals surface area contributed by atoms with Crippen LogP contribution in [0.5, 0.6) is 11.5 Å². The molecule has 0 fully saturated rings. The molecule has 1 aliphatic heterocycles. The number of fused-ring (bicyclic) bond motifs is 2. The predicted molar refractivity (Wildman–Crippen MR) is 106 cm³/mol. The third kappa shape index (κ3) is 3.40. The van der Waals surface area contributed by atoms with Crippen LogP contribution in [0.15, 0.2) is 30.5 Å². The smallest absolute Gasteiger partial charge is 0.252 e. The van der Waals surface area contributed by atoms with E-state index in [0.29, 0.717) is 24.5 Å². The van der Waals surface area contributed by atoms with Crippen molar-refractivity contribution in [2.45, 2.75) is 32.8 Å². The maximum absolute atomic E-state index is 12.4. The minimum atomic E-state index is -0.216. The van der Waals surface area contributed by atoms with Gasteiger partial charge in [-0.1, -0.05) is 12.1 Å². The highest BCUT2D eigenvalue weighted by atomic mass is 16.5. The number of benzene rings is 1. The van der Waals surface area contributed by atoms with Gasteiger partial charge in [-0.3, -0.25) is 9.48 Å². The summed E-state index contributed by atoms with van der Waals surface area (Å²) < 4.78 is 13.6. The number of nitrogens with zero attached hydrogens (tertiary/aromatic N) is 3. The van der Waals surface area contributed by atoms with E-state index in [1.807, 2.05) is 32.2 Å². The van der Waals surface area contributed by atoms with Crippen molar-refractivity contribution < 1.29 is 14.3 Å². The summed E-state index contributed by atoms with van der Waals surface area (Å²) in [6.07, 6.45) is 2.43. The van der Waals surface area contributed by atoms with Crippen LogP contribution in [0.4, 0.5) is 0 Å². The average molecular weight is 380 g/mol. The molecule has 0 unspecified atom stereocenters. The molecule has 1 aliphatic rings. The highest BCUT2D eigenvalue weighted by Crippen LogP contribution is 2.41. The summed E-state index contributed by atoms with van der Waals surface area (Å²) in [5, 5.41) is 8.08. The Hall–Kier alpha value is -3.09. The van der Waals surface area contributed by atoms with Gasteiger partial charge in [-0.2, -0.15) is 5.10 Å². The van der Waals surface area contributed by atoms with Crippen molar-refractivity contribution in [3.8, 4) is 11.5 Å². The van der Waals surface area contributed by atoms with Gasteiger partial charge in [-0.25, -0.2) is 4.98 Å². The number of pyridine rings is 1. The quantitative estimate of drug-likeness (QED) is 0.689. The number of rotatable bonds is 5. The summed E-state index contributed by atoms with van der Waals surface area (Å²) in [7, 11) is 1.84. The second kappa shape index (κ2) is 6.82. The molecule has 0 bridgehead atoms. The number of hydrogen-bond donors (Lipinski definition) is 1. The number of carbonyl (C=O) groups excluding carboxylic acids is 1. The minimum Gasteiger partial charge on any atom is -0.488 e. The fourth-order valence-electron chi connectivity index (χ4n) is 3.56. The van der Waals surface area contributed by atoms with Crippen molar-refractivity contribution in [1.82, 2.24) is 20.1 Å². The Morgan fingerprint density at radius 3 is 3.04 bits per heavy atom. The first kappa shape index (κ1) is 18.3. The van der Waals surface area contributed by atoms with Crippen LogP contribution in [0.2, 0.25) is 0 Å². The molecule has 28 heavy (non-hydrogen) atoms. The van der Waals surface area contributed by atoms with Gasteiger partial charge in [-0.05, 0) is 32.9 Å². The highest BCUT2D eigenvalue weighted by Gasteiger charge is 2.32. The van der Waals surface area contributed by atoms with E-state index < -0.39 is 0 Å². The molecule has 7 heteroatoms. The topological polar surface area (TPSA) is 78.3 Å². The van der Waals surface area contributed by atoms with Crippen LogP contribution in [-0.2, 0) is 13.5 Å². The number of aromatic nitrogens is 3. The van der Waals surface area contributed by atoms with Crippen molar-refractivity contribution in [3.63, 3.8) is 0 Å². The van der Waals surface area contributed by atoms with Crippen LogP contribution in [0.1, 0.15) is 35.5 Å². The predicted octanol–water partition coefficient (Wildman–Crippen LogP) is 2.80. The van der Waals surface area contributed by atoms with Crippen molar-refractivity contribution in [3.05, 3.63) is 47.3 Å². The van der Waals surface area contributed by atoms with Crippen LogP contribution in [0.3, 0.4) is 0 Å². The minimum absolute atomic E-state index is 0.183. The van der Waals surface area contributed by atoms with Gasteiger partial charge in [0.15, 0.2) is 17.1 Å². The molecule has 0 radical (unpaired) electrons. The molecule has 3 heterocycles. The van der Waals surface area contributed by atoms with E-state index in [9.17, 15) is 4.79 Å². The molecule has 0 saturated heterocycles. The number of amides is 1. The number of nitrogens with one attached hydrogen (secondary N) is 1. The normalized spacial score (nSPS) is 14.6. The van der Waals surface area contributed by atoms with Gasteiger partial charge in [0, 0.05) is 30.6 Å². The second-order valence-corrected chi connectivity index (χ2v) is 7.69. The summed E-state index contributed by atoms with van der Waals surface area (Å²) in [5.41, 5.74) is 3.06. The fraction of sp³-hybridized carbons (Fsp3) is 0.381. The van der Waals surface area contributed by atoms with Gasteiger partial charge < -0.3 is 14.8 Å². The summed E-state index contributed by atoms with van der Waals surface area (Å²) in [6.45, 7) is 6.77. The lowest BCUT2D eigenvalue weighted by Gasteiger charge is -2.18. The third-order valence-electron chi connectivity index (χ3n) is 4.83. The number of aryl methyl sites for hydroxylation is 2. The third-order valence-corrected chi connectivity index (χ3v) is 4.83. The zero-order valence-electron chi connectivity index (χ0n) is 16.6. The zero-order valence-corrected chi connectivity index (χ0v) is 16.6. The maximum atomic E-state index is 12.4. The molecular formula is C21H24N4O3. The summed E-state index contributed by atoms with van der Waals surface area (Å²) in [6, 6.07) is 7.74. The van der Waals surface area contributed by atoms with E-state index >= 15 is 0 Å². The standard InChI is InChI=1S/C21H24N4O3/c1-13-16-10-15(12-23-19(16)25(4)24-13)20(26)22-8-9-27-17-7-5-6-14-11-21(2,3)28-18(14)17/h5-7,10,12H,8-9,11H2,1-4H3,(H,22,26). The lowest BCUT2D eigenvalue weighted by atomic mass is 10.0. The molecule has 0 aliphatic carbocycles. The molecule has 0 saturated carbocycles. The Balaban J connectivity index is 1.36. The van der Waals surface area contributed by atoms with Crippen LogP contribution in [0.25, 0.3) is 11.0 Å². The Morgan fingerprint density at radius 1 is 1.39 bits per heavy atom. The molecule has 1 aromatic carbocycles. The van der Waals surface area contributed by atoms with Crippen LogP contribution in [-0.4, -0.2) is 39.4 Å².